The third-order valence-electron chi connectivity index (χ3n) is 5.05. The summed E-state index contributed by atoms with van der Waals surface area (Å²) in [6.07, 6.45) is 9.69. The minimum Gasteiger partial charge on any atom is -0.349 e. The fraction of sp³-hybridized carbons (Fsp3) is 0.632. The van der Waals surface area contributed by atoms with Gasteiger partial charge in [-0.05, 0) is 50.0 Å². The van der Waals surface area contributed by atoms with Crippen LogP contribution in [0.3, 0.4) is 0 Å². The second-order valence-electron chi connectivity index (χ2n) is 7.00. The van der Waals surface area contributed by atoms with Crippen molar-refractivity contribution in [1.29, 1.82) is 0 Å². The van der Waals surface area contributed by atoms with Gasteiger partial charge < -0.3 is 5.32 Å². The van der Waals surface area contributed by atoms with Crippen LogP contribution in [0.5, 0.6) is 0 Å². The molecule has 0 aliphatic heterocycles. The summed E-state index contributed by atoms with van der Waals surface area (Å²) in [5.41, 5.74) is 2.56. The lowest BCUT2D eigenvalue weighted by Gasteiger charge is -2.24. The van der Waals surface area contributed by atoms with Crippen molar-refractivity contribution in [3.63, 3.8) is 0 Å². The average Bonchev–Trinajstić information content (AvgIpc) is 3.31. The predicted octanol–water partition coefficient (Wildman–Crippen LogP) is 4.53. The van der Waals surface area contributed by atoms with Crippen LogP contribution in [0.15, 0.2) is 24.3 Å². The van der Waals surface area contributed by atoms with E-state index in [2.05, 4.69) is 36.5 Å². The zero-order valence-corrected chi connectivity index (χ0v) is 13.1. The zero-order valence-electron chi connectivity index (χ0n) is 13.1. The minimum atomic E-state index is 0.238. The van der Waals surface area contributed by atoms with Gasteiger partial charge in [0.1, 0.15) is 0 Å². The Kier molecular flexibility index (Phi) is 4.62. The van der Waals surface area contributed by atoms with Gasteiger partial charge in [-0.25, -0.2) is 0 Å². The van der Waals surface area contributed by atoms with Crippen molar-refractivity contribution in [2.45, 2.75) is 64.3 Å². The summed E-state index contributed by atoms with van der Waals surface area (Å²) in [6, 6.07) is 8.90. The zero-order chi connectivity index (χ0) is 14.7. The van der Waals surface area contributed by atoms with Crippen LogP contribution in [0.4, 0.5) is 0 Å². The molecule has 0 aromatic heterocycles. The van der Waals surface area contributed by atoms with Gasteiger partial charge in [0.25, 0.3) is 0 Å². The van der Waals surface area contributed by atoms with E-state index in [-0.39, 0.29) is 11.9 Å². The van der Waals surface area contributed by atoms with Crippen LogP contribution < -0.4 is 5.32 Å². The Bertz CT molecular complexity index is 469. The maximum Gasteiger partial charge on any atom is 0.220 e. The third-order valence-corrected chi connectivity index (χ3v) is 5.05. The van der Waals surface area contributed by atoms with Crippen molar-refractivity contribution in [1.82, 2.24) is 5.32 Å². The van der Waals surface area contributed by atoms with Crippen LogP contribution in [-0.4, -0.2) is 5.91 Å². The van der Waals surface area contributed by atoms with Gasteiger partial charge in [-0.1, -0.05) is 49.1 Å². The van der Waals surface area contributed by atoms with E-state index < -0.39 is 0 Å². The molecule has 2 saturated carbocycles. The van der Waals surface area contributed by atoms with E-state index in [0.717, 1.165) is 6.42 Å². The van der Waals surface area contributed by atoms with E-state index in [0.29, 0.717) is 11.8 Å². The molecule has 2 aliphatic carbocycles. The molecular weight excluding hydrogens is 258 g/mol. The molecular formula is C19H27NO. The SMILES string of the molecule is Cc1ccc(C(NC(=O)CC2CCCCC2)C2CC2)cc1. The fourth-order valence-corrected chi connectivity index (χ4v) is 3.56. The van der Waals surface area contributed by atoms with E-state index in [9.17, 15) is 4.79 Å². The molecule has 2 nitrogen and oxygen atoms in total. The molecule has 1 aromatic carbocycles. The summed E-state index contributed by atoms with van der Waals surface area (Å²) in [6.45, 7) is 2.11. The van der Waals surface area contributed by atoms with E-state index >= 15 is 0 Å². The van der Waals surface area contributed by atoms with Crippen LogP contribution in [0.1, 0.15) is 68.5 Å². The highest BCUT2D eigenvalue weighted by molar-refractivity contribution is 5.76. The molecule has 0 heterocycles. The Hall–Kier alpha value is -1.31. The first kappa shape index (κ1) is 14.6. The molecule has 2 heteroatoms. The summed E-state index contributed by atoms with van der Waals surface area (Å²) >= 11 is 0. The molecule has 1 atom stereocenters. The molecule has 2 fully saturated rings. The highest BCUT2D eigenvalue weighted by Crippen LogP contribution is 2.41. The fourth-order valence-electron chi connectivity index (χ4n) is 3.56. The summed E-state index contributed by atoms with van der Waals surface area (Å²) in [4.78, 5) is 12.4. The normalized spacial score (nSPS) is 21.0. The van der Waals surface area contributed by atoms with Gasteiger partial charge in [0, 0.05) is 6.42 Å². The molecule has 0 spiro atoms. The van der Waals surface area contributed by atoms with Gasteiger partial charge >= 0.3 is 0 Å². The highest BCUT2D eigenvalue weighted by atomic mass is 16.1. The number of hydrogen-bond donors (Lipinski definition) is 1. The van der Waals surface area contributed by atoms with E-state index in [1.807, 2.05) is 0 Å². The highest BCUT2D eigenvalue weighted by Gasteiger charge is 2.33. The van der Waals surface area contributed by atoms with Crippen molar-refractivity contribution in [3.8, 4) is 0 Å². The second-order valence-corrected chi connectivity index (χ2v) is 7.00. The molecule has 1 amide bonds. The lowest BCUT2D eigenvalue weighted by Crippen LogP contribution is -2.31. The number of amides is 1. The molecule has 0 radical (unpaired) electrons. The topological polar surface area (TPSA) is 29.1 Å². The quantitative estimate of drug-likeness (QED) is 0.846. The Morgan fingerprint density at radius 3 is 2.38 bits per heavy atom. The first-order valence-electron chi connectivity index (χ1n) is 8.58. The van der Waals surface area contributed by atoms with Gasteiger partial charge in [-0.2, -0.15) is 0 Å². The Morgan fingerprint density at radius 2 is 1.76 bits per heavy atom. The number of hydrogen-bond acceptors (Lipinski definition) is 1. The van der Waals surface area contributed by atoms with Crippen LogP contribution in [0.25, 0.3) is 0 Å². The molecule has 0 saturated heterocycles. The molecule has 114 valence electrons. The van der Waals surface area contributed by atoms with Gasteiger partial charge in [0.2, 0.25) is 5.91 Å². The maximum absolute atomic E-state index is 12.4. The number of carbonyl (C=O) groups excluding carboxylic acids is 1. The standard InChI is InChI=1S/C19H27NO/c1-14-7-9-16(10-8-14)19(17-11-12-17)20-18(21)13-15-5-3-2-4-6-15/h7-10,15,17,19H,2-6,11-13H2,1H3,(H,20,21). The molecule has 2 aliphatic rings. The van der Waals surface area contributed by atoms with Gasteiger partial charge in [0.05, 0.1) is 6.04 Å². The molecule has 3 rings (SSSR count). The number of aryl methyl sites for hydroxylation is 1. The van der Waals surface area contributed by atoms with E-state index in [1.54, 1.807) is 0 Å². The number of benzene rings is 1. The van der Waals surface area contributed by atoms with Gasteiger partial charge in [0.15, 0.2) is 0 Å². The van der Waals surface area contributed by atoms with Gasteiger partial charge in [-0.15, -0.1) is 0 Å². The van der Waals surface area contributed by atoms with Crippen LogP contribution in [0.2, 0.25) is 0 Å². The molecule has 0 bridgehead atoms. The summed E-state index contributed by atoms with van der Waals surface area (Å²) in [7, 11) is 0. The molecule has 1 N–H and O–H groups in total. The van der Waals surface area contributed by atoms with Crippen LogP contribution in [-0.2, 0) is 4.79 Å². The van der Waals surface area contributed by atoms with Crippen molar-refractivity contribution < 1.29 is 4.79 Å². The molecule has 1 unspecified atom stereocenters. The lowest BCUT2D eigenvalue weighted by molar-refractivity contribution is -0.123. The van der Waals surface area contributed by atoms with Crippen molar-refractivity contribution >= 4 is 5.91 Å². The second kappa shape index (κ2) is 6.64. The Morgan fingerprint density at radius 1 is 1.10 bits per heavy atom. The smallest absolute Gasteiger partial charge is 0.220 e. The lowest BCUT2D eigenvalue weighted by atomic mass is 9.86. The molecule has 21 heavy (non-hydrogen) atoms. The van der Waals surface area contributed by atoms with Gasteiger partial charge in [-0.3, -0.25) is 4.79 Å². The summed E-state index contributed by atoms with van der Waals surface area (Å²) in [5, 5.41) is 3.32. The Labute approximate surface area is 128 Å². The average molecular weight is 285 g/mol. The minimum absolute atomic E-state index is 0.238. The number of carbonyl (C=O) groups is 1. The predicted molar refractivity (Wildman–Crippen MR) is 86.0 cm³/mol. The van der Waals surface area contributed by atoms with Crippen molar-refractivity contribution in [2.75, 3.05) is 0 Å². The van der Waals surface area contributed by atoms with Crippen LogP contribution >= 0.6 is 0 Å². The number of rotatable bonds is 5. The first-order chi connectivity index (χ1) is 10.2. The van der Waals surface area contributed by atoms with Crippen molar-refractivity contribution in [3.05, 3.63) is 35.4 Å². The molecule has 1 aromatic rings. The first-order valence-corrected chi connectivity index (χ1v) is 8.58. The maximum atomic E-state index is 12.4. The van der Waals surface area contributed by atoms with Crippen molar-refractivity contribution in [2.24, 2.45) is 11.8 Å². The third kappa shape index (κ3) is 4.09. The Balaban J connectivity index is 1.59. The number of nitrogens with one attached hydrogen (secondary N) is 1. The summed E-state index contributed by atoms with van der Waals surface area (Å²) < 4.78 is 0. The largest absolute Gasteiger partial charge is 0.349 e. The summed E-state index contributed by atoms with van der Waals surface area (Å²) in [5.74, 6) is 1.54. The monoisotopic (exact) mass is 285 g/mol. The van der Waals surface area contributed by atoms with Crippen LogP contribution in [0, 0.1) is 18.8 Å². The van der Waals surface area contributed by atoms with E-state index in [1.165, 1.54) is 56.1 Å². The van der Waals surface area contributed by atoms with E-state index in [4.69, 9.17) is 0 Å².